The first-order valence-electron chi connectivity index (χ1n) is 7.23. The second-order valence-corrected chi connectivity index (χ2v) is 8.20. The van der Waals surface area contributed by atoms with Crippen molar-refractivity contribution >= 4 is 23.1 Å². The molecule has 0 aliphatic carbocycles. The maximum absolute atomic E-state index is 2.54. The lowest BCUT2D eigenvalue weighted by molar-refractivity contribution is -0.971. The van der Waals surface area contributed by atoms with Gasteiger partial charge >= 0.3 is 0 Å². The molecule has 0 aromatic carbocycles. The molecule has 0 spiro atoms. The van der Waals surface area contributed by atoms with E-state index in [0.717, 1.165) is 0 Å². The highest BCUT2D eigenvalue weighted by Crippen LogP contribution is 2.48. The smallest absolute Gasteiger partial charge is 0.135 e. The van der Waals surface area contributed by atoms with Crippen LogP contribution in [0, 0.1) is 0 Å². The van der Waals surface area contributed by atoms with Crippen LogP contribution in [-0.4, -0.2) is 36.1 Å². The quantitative estimate of drug-likeness (QED) is 0.736. The molecule has 0 saturated carbocycles. The zero-order chi connectivity index (χ0) is 12.5. The van der Waals surface area contributed by atoms with Gasteiger partial charge in [-0.15, -0.1) is 11.3 Å². The van der Waals surface area contributed by atoms with Gasteiger partial charge in [-0.25, -0.2) is 0 Å². The molecule has 0 bridgehead atoms. The van der Waals surface area contributed by atoms with E-state index in [-0.39, 0.29) is 0 Å². The molecule has 2 fully saturated rings. The van der Waals surface area contributed by atoms with E-state index in [1.807, 2.05) is 11.3 Å². The Kier molecular flexibility index (Phi) is 3.75. The Balaban J connectivity index is 1.98. The molecular formula is C15H24NS2+. The average Bonchev–Trinajstić information content (AvgIpc) is 2.94. The van der Waals surface area contributed by atoms with E-state index < -0.39 is 0 Å². The highest BCUT2D eigenvalue weighted by Gasteiger charge is 2.51. The highest BCUT2D eigenvalue weighted by molar-refractivity contribution is 7.99. The molecule has 2 aliphatic rings. The van der Waals surface area contributed by atoms with E-state index in [0.29, 0.717) is 5.54 Å². The van der Waals surface area contributed by atoms with Crippen LogP contribution in [0.3, 0.4) is 0 Å². The van der Waals surface area contributed by atoms with Crippen molar-refractivity contribution in [3.05, 3.63) is 22.4 Å². The summed E-state index contributed by atoms with van der Waals surface area (Å²) in [5, 5.41) is 2.27. The molecule has 2 saturated heterocycles. The first-order valence-corrected chi connectivity index (χ1v) is 9.27. The van der Waals surface area contributed by atoms with Crippen LogP contribution in [-0.2, 0) is 5.54 Å². The Hall–Kier alpha value is 0.01000. The van der Waals surface area contributed by atoms with Crippen molar-refractivity contribution in [3.63, 3.8) is 0 Å². The van der Waals surface area contributed by atoms with Crippen molar-refractivity contribution < 1.29 is 4.48 Å². The molecule has 18 heavy (non-hydrogen) atoms. The molecule has 3 rings (SSSR count). The third-order valence-corrected chi connectivity index (χ3v) is 7.19. The number of rotatable bonds is 2. The lowest BCUT2D eigenvalue weighted by Crippen LogP contribution is -2.62. The first-order chi connectivity index (χ1) is 8.77. The van der Waals surface area contributed by atoms with Crippen molar-refractivity contribution in [2.45, 2.75) is 37.6 Å². The minimum absolute atomic E-state index is 0.444. The summed E-state index contributed by atoms with van der Waals surface area (Å²) in [7, 11) is 2.54. The standard InChI is InChI=1S/C15H24NS2/c1-16(9-3-2-4-10-16)15(7-12-17-13-8-15)14-6-5-11-18-14/h5-6,11H,2-4,7-10,12-13H2,1H3/q+1. The largest absolute Gasteiger partial charge is 0.317 e. The number of likely N-dealkylation sites (tertiary alicyclic amines) is 1. The lowest BCUT2D eigenvalue weighted by atomic mass is 9.83. The molecule has 2 aliphatic heterocycles. The van der Waals surface area contributed by atoms with Crippen LogP contribution in [0.15, 0.2) is 17.5 Å². The molecule has 1 aromatic rings. The average molecular weight is 282 g/mol. The molecule has 3 heterocycles. The summed E-state index contributed by atoms with van der Waals surface area (Å²) in [6, 6.07) is 4.65. The van der Waals surface area contributed by atoms with Crippen LogP contribution in [0.25, 0.3) is 0 Å². The SMILES string of the molecule is C[N+]1(C2(c3cccs3)CCSCC2)CCCCC1. The second kappa shape index (κ2) is 5.18. The zero-order valence-electron chi connectivity index (χ0n) is 11.4. The van der Waals surface area contributed by atoms with Crippen molar-refractivity contribution in [3.8, 4) is 0 Å². The molecule has 1 nitrogen and oxygen atoms in total. The van der Waals surface area contributed by atoms with Gasteiger partial charge in [0.1, 0.15) is 5.54 Å². The summed E-state index contributed by atoms with van der Waals surface area (Å²) in [6.45, 7) is 2.78. The predicted octanol–water partition coefficient (Wildman–Crippen LogP) is 4.10. The molecule has 0 atom stereocenters. The van der Waals surface area contributed by atoms with E-state index in [2.05, 4.69) is 36.3 Å². The van der Waals surface area contributed by atoms with Crippen LogP contribution in [0.2, 0.25) is 0 Å². The van der Waals surface area contributed by atoms with Crippen LogP contribution >= 0.6 is 23.1 Å². The van der Waals surface area contributed by atoms with E-state index in [4.69, 9.17) is 0 Å². The van der Waals surface area contributed by atoms with Gasteiger partial charge in [0.05, 0.1) is 25.0 Å². The molecule has 1 aromatic heterocycles. The van der Waals surface area contributed by atoms with E-state index in [1.165, 1.54) is 61.2 Å². The maximum atomic E-state index is 2.54. The van der Waals surface area contributed by atoms with Gasteiger partial charge in [0.25, 0.3) is 0 Å². The van der Waals surface area contributed by atoms with Crippen LogP contribution in [0.1, 0.15) is 37.0 Å². The summed E-state index contributed by atoms with van der Waals surface area (Å²) in [4.78, 5) is 1.66. The number of thiophene rings is 1. The summed E-state index contributed by atoms with van der Waals surface area (Å²) >= 11 is 4.15. The Morgan fingerprint density at radius 2 is 1.83 bits per heavy atom. The molecule has 0 unspecified atom stereocenters. The number of nitrogens with zero attached hydrogens (tertiary/aromatic N) is 1. The molecular weight excluding hydrogens is 258 g/mol. The number of hydrogen-bond donors (Lipinski definition) is 0. The fourth-order valence-electron chi connectivity index (χ4n) is 3.94. The normalized spacial score (nSPS) is 26.9. The van der Waals surface area contributed by atoms with Crippen molar-refractivity contribution in [2.75, 3.05) is 31.6 Å². The van der Waals surface area contributed by atoms with Gasteiger partial charge in [-0.05, 0) is 42.2 Å². The van der Waals surface area contributed by atoms with Gasteiger partial charge < -0.3 is 4.48 Å². The third kappa shape index (κ3) is 2.04. The molecule has 0 radical (unpaired) electrons. The Bertz CT molecular complexity index is 373. The monoisotopic (exact) mass is 282 g/mol. The maximum Gasteiger partial charge on any atom is 0.135 e. The summed E-state index contributed by atoms with van der Waals surface area (Å²) < 4.78 is 1.31. The number of thioether (sulfide) groups is 1. The summed E-state index contributed by atoms with van der Waals surface area (Å²) in [5.41, 5.74) is 0.444. The van der Waals surface area contributed by atoms with Gasteiger partial charge in [-0.1, -0.05) is 6.07 Å². The number of piperidine rings is 1. The van der Waals surface area contributed by atoms with E-state index in [1.54, 1.807) is 4.88 Å². The van der Waals surface area contributed by atoms with Crippen LogP contribution in [0.4, 0.5) is 0 Å². The van der Waals surface area contributed by atoms with Crippen LogP contribution in [0.5, 0.6) is 0 Å². The topological polar surface area (TPSA) is 0 Å². The fourth-order valence-corrected chi connectivity index (χ4v) is 6.22. The Morgan fingerprint density at radius 1 is 1.11 bits per heavy atom. The van der Waals surface area contributed by atoms with E-state index >= 15 is 0 Å². The van der Waals surface area contributed by atoms with Gasteiger partial charge in [0, 0.05) is 12.8 Å². The minimum atomic E-state index is 0.444. The first kappa shape index (κ1) is 13.0. The lowest BCUT2D eigenvalue weighted by Gasteiger charge is -2.54. The van der Waals surface area contributed by atoms with Crippen molar-refractivity contribution in [2.24, 2.45) is 0 Å². The van der Waals surface area contributed by atoms with Gasteiger partial charge in [0.2, 0.25) is 0 Å². The summed E-state index contributed by atoms with van der Waals surface area (Å²) in [6.07, 6.45) is 7.07. The number of hydrogen-bond acceptors (Lipinski definition) is 2. The highest BCUT2D eigenvalue weighted by atomic mass is 32.2. The fraction of sp³-hybridized carbons (Fsp3) is 0.733. The molecule has 0 N–H and O–H groups in total. The minimum Gasteiger partial charge on any atom is -0.317 e. The van der Waals surface area contributed by atoms with Crippen LogP contribution < -0.4 is 0 Å². The Morgan fingerprint density at radius 3 is 2.44 bits per heavy atom. The van der Waals surface area contributed by atoms with E-state index in [9.17, 15) is 0 Å². The molecule has 0 amide bonds. The molecule has 3 heteroatoms. The van der Waals surface area contributed by atoms with Gasteiger partial charge in [-0.2, -0.15) is 11.8 Å². The Labute approximate surface area is 119 Å². The third-order valence-electron chi connectivity index (χ3n) is 5.14. The summed E-state index contributed by atoms with van der Waals surface area (Å²) in [5.74, 6) is 2.71. The number of quaternary nitrogens is 1. The predicted molar refractivity (Wildman–Crippen MR) is 82.3 cm³/mol. The zero-order valence-corrected chi connectivity index (χ0v) is 13.0. The van der Waals surface area contributed by atoms with Gasteiger partial charge in [0.15, 0.2) is 0 Å². The van der Waals surface area contributed by atoms with Crippen molar-refractivity contribution in [1.29, 1.82) is 0 Å². The van der Waals surface area contributed by atoms with Gasteiger partial charge in [-0.3, -0.25) is 0 Å². The molecule has 100 valence electrons. The van der Waals surface area contributed by atoms with Crippen molar-refractivity contribution in [1.82, 2.24) is 0 Å². The second-order valence-electron chi connectivity index (χ2n) is 6.03.